The first-order valence-corrected chi connectivity index (χ1v) is 11.6. The van der Waals surface area contributed by atoms with Crippen molar-refractivity contribution < 1.29 is 14.4 Å². The first-order valence-electron chi connectivity index (χ1n) is 9.76. The molecule has 1 aromatic carbocycles. The normalized spacial score (nSPS) is 15.2. The van der Waals surface area contributed by atoms with Crippen LogP contribution in [0.2, 0.25) is 0 Å². The Morgan fingerprint density at radius 2 is 2.19 bits per heavy atom. The van der Waals surface area contributed by atoms with Crippen LogP contribution in [-0.2, 0) is 9.32 Å². The van der Waals surface area contributed by atoms with Gasteiger partial charge in [0.05, 0.1) is 5.69 Å². The predicted octanol–water partition coefficient (Wildman–Crippen LogP) is 2.98. The van der Waals surface area contributed by atoms with E-state index in [1.807, 2.05) is 0 Å². The highest BCUT2D eigenvalue weighted by Gasteiger charge is 2.25. The lowest BCUT2D eigenvalue weighted by Crippen LogP contribution is -2.34. The zero-order chi connectivity index (χ0) is 22.4. The average molecular weight is 460 g/mol. The summed E-state index contributed by atoms with van der Waals surface area (Å²) in [5.74, 6) is -0.627. The first-order chi connectivity index (χ1) is 14.9. The summed E-state index contributed by atoms with van der Waals surface area (Å²) in [6.45, 7) is 0.470. The van der Waals surface area contributed by atoms with Crippen molar-refractivity contribution in [3.8, 4) is 0 Å². The van der Waals surface area contributed by atoms with Gasteiger partial charge in [0.2, 0.25) is 0 Å². The Hall–Kier alpha value is -2.74. The summed E-state index contributed by atoms with van der Waals surface area (Å²) in [6, 6.07) is 6.76. The lowest BCUT2D eigenvalue weighted by Gasteiger charge is -2.13. The number of nitrogen functional groups attached to an aromatic ring is 1. The maximum atomic E-state index is 12.9. The molecule has 164 valence electrons. The van der Waals surface area contributed by atoms with Crippen molar-refractivity contribution in [3.63, 3.8) is 0 Å². The Balaban J connectivity index is 1.96. The summed E-state index contributed by atoms with van der Waals surface area (Å²) in [5.41, 5.74) is 13.2. The van der Waals surface area contributed by atoms with E-state index in [9.17, 15) is 9.90 Å². The van der Waals surface area contributed by atoms with E-state index >= 15 is 0 Å². The number of aliphatic imine (C=N–C) groups is 1. The fraction of sp³-hybridized carbons (Fsp3) is 0.286. The minimum Gasteiger partial charge on any atom is -0.505 e. The molecule has 3 rings (SSSR count). The summed E-state index contributed by atoms with van der Waals surface area (Å²) >= 11 is 1.39. The van der Waals surface area contributed by atoms with E-state index in [0.717, 1.165) is 6.42 Å². The van der Waals surface area contributed by atoms with E-state index in [2.05, 4.69) is 10.3 Å². The SMILES string of the molecule is COPc1cc(N)ccc1N=C(N)/C(C(=O)NCCC1CC1)=C(\O)C(=N)c1ccsc1. The molecule has 7 N–H and O–H groups in total. The van der Waals surface area contributed by atoms with Gasteiger partial charge in [0, 0.05) is 44.4 Å². The number of nitrogens with two attached hydrogens (primary N) is 2. The fourth-order valence-electron chi connectivity index (χ4n) is 2.93. The Morgan fingerprint density at radius 1 is 1.42 bits per heavy atom. The molecule has 1 aliphatic rings. The number of hydrogen-bond donors (Lipinski definition) is 5. The first kappa shape index (κ1) is 22.9. The molecular formula is C21H26N5O3PS. The number of carbonyl (C=O) groups is 1. The molecule has 10 heteroatoms. The summed E-state index contributed by atoms with van der Waals surface area (Å²) in [7, 11) is 1.54. The Morgan fingerprint density at radius 3 is 2.84 bits per heavy atom. The minimum atomic E-state index is -0.564. The highest BCUT2D eigenvalue weighted by atomic mass is 32.1. The maximum absolute atomic E-state index is 12.9. The Bertz CT molecular complexity index is 1020. The maximum Gasteiger partial charge on any atom is 0.258 e. The number of thiophene rings is 1. The van der Waals surface area contributed by atoms with Crippen LogP contribution >= 0.6 is 20.1 Å². The molecule has 1 heterocycles. The van der Waals surface area contributed by atoms with E-state index in [1.54, 1.807) is 42.1 Å². The number of amidine groups is 1. The van der Waals surface area contributed by atoms with Crippen molar-refractivity contribution >= 4 is 54.3 Å². The zero-order valence-corrected chi connectivity index (χ0v) is 19.0. The van der Waals surface area contributed by atoms with E-state index in [4.69, 9.17) is 21.4 Å². The van der Waals surface area contributed by atoms with Gasteiger partial charge >= 0.3 is 0 Å². The molecular weight excluding hydrogens is 433 g/mol. The van der Waals surface area contributed by atoms with Gasteiger partial charge in [-0.15, -0.1) is 0 Å². The smallest absolute Gasteiger partial charge is 0.258 e. The van der Waals surface area contributed by atoms with Gasteiger partial charge in [-0.3, -0.25) is 10.2 Å². The number of nitrogens with one attached hydrogen (secondary N) is 2. The van der Waals surface area contributed by atoms with Crippen LogP contribution in [0.5, 0.6) is 0 Å². The summed E-state index contributed by atoms with van der Waals surface area (Å²) in [5, 5.41) is 26.1. The largest absolute Gasteiger partial charge is 0.505 e. The van der Waals surface area contributed by atoms with E-state index in [1.165, 1.54) is 24.2 Å². The van der Waals surface area contributed by atoms with Crippen LogP contribution in [0, 0.1) is 11.3 Å². The zero-order valence-electron chi connectivity index (χ0n) is 17.1. The third-order valence-electron chi connectivity index (χ3n) is 4.78. The van der Waals surface area contributed by atoms with Crippen molar-refractivity contribution in [1.29, 1.82) is 5.41 Å². The lowest BCUT2D eigenvalue weighted by atomic mass is 10.1. The fourth-order valence-corrected chi connectivity index (χ4v) is 4.26. The average Bonchev–Trinajstić information content (AvgIpc) is 3.39. The third kappa shape index (κ3) is 6.13. The van der Waals surface area contributed by atoms with Crippen LogP contribution < -0.4 is 22.1 Å². The molecule has 1 atom stereocenters. The van der Waals surface area contributed by atoms with Crippen LogP contribution in [-0.4, -0.2) is 36.2 Å². The van der Waals surface area contributed by atoms with Crippen LogP contribution in [0.4, 0.5) is 11.4 Å². The van der Waals surface area contributed by atoms with E-state index in [0.29, 0.717) is 34.7 Å². The second-order valence-electron chi connectivity index (χ2n) is 7.18. The number of benzene rings is 1. The van der Waals surface area contributed by atoms with Crippen LogP contribution in [0.1, 0.15) is 24.8 Å². The second-order valence-corrected chi connectivity index (χ2v) is 9.11. The predicted molar refractivity (Wildman–Crippen MR) is 128 cm³/mol. The molecule has 0 saturated heterocycles. The summed E-state index contributed by atoms with van der Waals surface area (Å²) < 4.78 is 5.22. The number of aliphatic hydroxyl groups excluding tert-OH is 1. The Kier molecular flexibility index (Phi) is 7.79. The molecule has 0 bridgehead atoms. The lowest BCUT2D eigenvalue weighted by molar-refractivity contribution is -0.117. The standard InChI is InChI=1S/C21H26N5O3PS/c1-29-30-16-10-14(22)4-5-15(16)26-20(24)17(21(28)25-8-6-12-2-3-12)19(27)18(23)13-7-9-31-11-13/h4-5,7,9-12,23,27,30H,2-3,6,8,22H2,1H3,(H2,24,26)(H,25,28)/b19-17+,23-18?. The monoisotopic (exact) mass is 459 g/mol. The van der Waals surface area contributed by atoms with Crippen molar-refractivity contribution in [2.75, 3.05) is 19.4 Å². The van der Waals surface area contributed by atoms with Crippen molar-refractivity contribution in [2.24, 2.45) is 16.6 Å². The van der Waals surface area contributed by atoms with Gasteiger partial charge in [-0.1, -0.05) is 12.8 Å². The second kappa shape index (κ2) is 10.5. The number of rotatable bonds is 10. The quantitative estimate of drug-likeness (QED) is 0.0925. The molecule has 1 saturated carbocycles. The minimum absolute atomic E-state index is 0.0168. The number of carbonyl (C=O) groups excluding carboxylic acids is 1. The number of amides is 1. The van der Waals surface area contributed by atoms with Gasteiger partial charge < -0.3 is 26.4 Å². The molecule has 31 heavy (non-hydrogen) atoms. The molecule has 1 amide bonds. The molecule has 2 aromatic rings. The van der Waals surface area contributed by atoms with Crippen LogP contribution in [0.15, 0.2) is 51.4 Å². The summed E-state index contributed by atoms with van der Waals surface area (Å²) in [4.78, 5) is 17.3. The van der Waals surface area contributed by atoms with Crippen molar-refractivity contribution in [1.82, 2.24) is 5.32 Å². The number of anilines is 1. The topological polar surface area (TPSA) is 147 Å². The van der Waals surface area contributed by atoms with E-state index in [-0.39, 0.29) is 25.9 Å². The van der Waals surface area contributed by atoms with Crippen molar-refractivity contribution in [3.05, 3.63) is 51.9 Å². The highest BCUT2D eigenvalue weighted by molar-refractivity contribution is 7.42. The van der Waals surface area contributed by atoms with Gasteiger partial charge in [0.15, 0.2) is 5.76 Å². The van der Waals surface area contributed by atoms with E-state index < -0.39 is 11.7 Å². The Labute approximate surface area is 186 Å². The molecule has 8 nitrogen and oxygen atoms in total. The third-order valence-corrected chi connectivity index (χ3v) is 6.28. The summed E-state index contributed by atoms with van der Waals surface area (Å²) in [6.07, 6.45) is 3.22. The van der Waals surface area contributed by atoms with Crippen LogP contribution in [0.25, 0.3) is 0 Å². The van der Waals surface area contributed by atoms with Crippen LogP contribution in [0.3, 0.4) is 0 Å². The van der Waals surface area contributed by atoms with Gasteiger partial charge in [-0.2, -0.15) is 11.3 Å². The number of aliphatic hydroxyl groups is 1. The van der Waals surface area contributed by atoms with Gasteiger partial charge in [-0.25, -0.2) is 4.99 Å². The molecule has 0 radical (unpaired) electrons. The number of hydrogen-bond acceptors (Lipinski definition) is 7. The molecule has 1 aromatic heterocycles. The van der Waals surface area contributed by atoms with Gasteiger partial charge in [0.25, 0.3) is 5.91 Å². The number of nitrogens with zero attached hydrogens (tertiary/aromatic N) is 1. The highest BCUT2D eigenvalue weighted by Crippen LogP contribution is 2.31. The molecule has 1 unspecified atom stereocenters. The number of allylic oxidation sites excluding steroid dienone is 1. The molecule has 0 aliphatic heterocycles. The molecule has 1 aliphatic carbocycles. The van der Waals surface area contributed by atoms with Gasteiger partial charge in [-0.05, 0) is 42.0 Å². The molecule has 1 fully saturated rings. The van der Waals surface area contributed by atoms with Crippen molar-refractivity contribution in [2.45, 2.75) is 19.3 Å². The van der Waals surface area contributed by atoms with Gasteiger partial charge in [0.1, 0.15) is 17.1 Å². The molecule has 0 spiro atoms.